The minimum Gasteiger partial charge on any atom is -0.508 e. The molecular weight excluding hydrogens is 701 g/mol. The summed E-state index contributed by atoms with van der Waals surface area (Å²) in [6.45, 7) is 12.0. The molecule has 4 aromatic rings. The fourth-order valence-corrected chi connectivity index (χ4v) is 10.9. The van der Waals surface area contributed by atoms with Gasteiger partial charge in [-0.05, 0) is 124 Å². The first kappa shape index (κ1) is 38.2. The number of halogens is 2. The average Bonchev–Trinajstić information content (AvgIpc) is 3.61. The first-order chi connectivity index (χ1) is 26.6. The third-order valence-electron chi connectivity index (χ3n) is 13.6. The van der Waals surface area contributed by atoms with Crippen LogP contribution < -0.4 is 9.64 Å². The molecule has 1 spiro atoms. The Morgan fingerprint density at radius 2 is 1.75 bits per heavy atom. The highest BCUT2D eigenvalue weighted by atomic mass is 19.1. The van der Waals surface area contributed by atoms with E-state index in [0.717, 1.165) is 58.3 Å². The number of β-amino-alcohol motifs (C(OH)–C–C–N with tert-alkyl or cyclic N) is 1. The van der Waals surface area contributed by atoms with Crippen LogP contribution >= 0.6 is 0 Å². The van der Waals surface area contributed by atoms with Gasteiger partial charge in [-0.25, -0.2) is 8.78 Å². The van der Waals surface area contributed by atoms with E-state index in [1.807, 2.05) is 32.6 Å². The van der Waals surface area contributed by atoms with E-state index in [9.17, 15) is 10.2 Å². The second kappa shape index (κ2) is 15.0. The van der Waals surface area contributed by atoms with Gasteiger partial charge in [-0.15, -0.1) is 0 Å². The van der Waals surface area contributed by atoms with E-state index < -0.39 is 17.2 Å². The van der Waals surface area contributed by atoms with Crippen molar-refractivity contribution >= 4 is 27.5 Å². The Kier molecular flexibility index (Phi) is 10.4. The number of phenols is 1. The SMILES string of the molecule is CC.CCc1c(F)ccc2cc(O)cc(-c3ncc4c(N5CCCC(C)(O)C5)nc(OCC56CCCC5N(C5CC7(CCOCC7)C5)CCC6)nc4c3F)c12. The number of hydrogen-bond donors (Lipinski definition) is 2. The maximum absolute atomic E-state index is 17.1. The molecule has 9 rings (SSSR count). The lowest BCUT2D eigenvalue weighted by molar-refractivity contribution is -0.112. The van der Waals surface area contributed by atoms with Gasteiger partial charge >= 0.3 is 6.01 Å². The van der Waals surface area contributed by atoms with Gasteiger partial charge in [0.2, 0.25) is 0 Å². The minimum atomic E-state index is -0.935. The summed E-state index contributed by atoms with van der Waals surface area (Å²) in [6.07, 6.45) is 13.8. The van der Waals surface area contributed by atoms with Crippen molar-refractivity contribution in [2.24, 2.45) is 10.8 Å². The molecule has 5 fully saturated rings. The van der Waals surface area contributed by atoms with Crippen molar-refractivity contribution in [1.82, 2.24) is 19.9 Å². The lowest BCUT2D eigenvalue weighted by atomic mass is 9.60. The molecule has 3 unspecified atom stereocenters. The van der Waals surface area contributed by atoms with Crippen molar-refractivity contribution in [3.05, 3.63) is 47.7 Å². The molecule has 0 bridgehead atoms. The number of ether oxygens (including phenoxy) is 2. The smallest absolute Gasteiger partial charge is 0.319 e. The lowest BCUT2D eigenvalue weighted by Crippen LogP contribution is -2.61. The maximum atomic E-state index is 17.1. The van der Waals surface area contributed by atoms with Crippen molar-refractivity contribution in [1.29, 1.82) is 0 Å². The fourth-order valence-electron chi connectivity index (χ4n) is 10.9. The van der Waals surface area contributed by atoms with Gasteiger partial charge < -0.3 is 24.6 Å². The molecule has 55 heavy (non-hydrogen) atoms. The molecule has 2 aromatic heterocycles. The van der Waals surface area contributed by atoms with E-state index >= 15 is 8.78 Å². The highest BCUT2D eigenvalue weighted by molar-refractivity contribution is 6.01. The van der Waals surface area contributed by atoms with E-state index in [4.69, 9.17) is 19.4 Å². The van der Waals surface area contributed by atoms with E-state index in [0.29, 0.717) is 83.1 Å². The normalized spacial score (nSPS) is 26.8. The summed E-state index contributed by atoms with van der Waals surface area (Å²) in [7, 11) is 0. The molecule has 5 aliphatic rings. The Labute approximate surface area is 323 Å². The molecular formula is C44H57F2N5O4. The Hall–Kier alpha value is -3.67. The summed E-state index contributed by atoms with van der Waals surface area (Å²) >= 11 is 0. The number of hydrogen-bond acceptors (Lipinski definition) is 9. The van der Waals surface area contributed by atoms with Crippen LogP contribution in [0.2, 0.25) is 0 Å². The molecule has 0 radical (unpaired) electrons. The van der Waals surface area contributed by atoms with Crippen LogP contribution in [-0.2, 0) is 11.2 Å². The topological polar surface area (TPSA) is 104 Å². The van der Waals surface area contributed by atoms with Gasteiger partial charge in [0.05, 0.1) is 17.6 Å². The maximum Gasteiger partial charge on any atom is 0.319 e. The van der Waals surface area contributed by atoms with E-state index in [1.54, 1.807) is 18.3 Å². The van der Waals surface area contributed by atoms with Crippen LogP contribution in [0.5, 0.6) is 11.8 Å². The number of piperidine rings is 2. The minimum absolute atomic E-state index is 0.0208. The molecule has 0 amide bonds. The van der Waals surface area contributed by atoms with Gasteiger partial charge in [-0.1, -0.05) is 33.3 Å². The summed E-state index contributed by atoms with van der Waals surface area (Å²) in [6, 6.07) is 7.13. The Morgan fingerprint density at radius 3 is 2.51 bits per heavy atom. The third-order valence-corrected chi connectivity index (χ3v) is 13.6. The summed E-state index contributed by atoms with van der Waals surface area (Å²) in [5, 5.41) is 23.3. The molecule has 2 N–H and O–H groups in total. The van der Waals surface area contributed by atoms with Crippen LogP contribution in [0.3, 0.4) is 0 Å². The fraction of sp³-hybridized carbons (Fsp3) is 0.614. The number of fused-ring (bicyclic) bond motifs is 3. The largest absolute Gasteiger partial charge is 0.508 e. The highest BCUT2D eigenvalue weighted by Crippen LogP contribution is 2.56. The number of pyridine rings is 1. The number of nitrogens with zero attached hydrogens (tertiary/aromatic N) is 5. The summed E-state index contributed by atoms with van der Waals surface area (Å²) in [4.78, 5) is 19.1. The monoisotopic (exact) mass is 757 g/mol. The van der Waals surface area contributed by atoms with Crippen LogP contribution in [-0.4, -0.2) is 87.2 Å². The second-order valence-corrected chi connectivity index (χ2v) is 17.1. The first-order valence-corrected chi connectivity index (χ1v) is 20.8. The number of likely N-dealkylation sites (tertiary alicyclic amines) is 1. The van der Waals surface area contributed by atoms with Crippen LogP contribution in [0, 0.1) is 22.5 Å². The molecule has 11 heteroatoms. The van der Waals surface area contributed by atoms with Crippen molar-refractivity contribution in [3.8, 4) is 23.0 Å². The molecule has 2 aliphatic carbocycles. The van der Waals surface area contributed by atoms with Crippen molar-refractivity contribution < 1.29 is 28.5 Å². The molecule has 9 nitrogen and oxygen atoms in total. The van der Waals surface area contributed by atoms with Crippen LogP contribution in [0.25, 0.3) is 32.9 Å². The Morgan fingerprint density at radius 1 is 0.982 bits per heavy atom. The standard InChI is InChI=1S/C42H51F2N5O4.C2H6/c1-3-29-32(43)9-8-26-19-28(50)20-30(34(26)29)36-35(44)37-31(23-45-36)38(48-15-5-10-40(2,51)24-48)47-39(46-37)53-25-42-11-4-7-33(42)49(16-6-12-42)27-21-41(22-27)13-17-52-18-14-41;1-2/h8-9,19-20,23,27,33,50-51H,3-7,10-18,21-22,24-25H2,1-2H3;1-2H3. The van der Waals surface area contributed by atoms with Gasteiger partial charge in [0.15, 0.2) is 5.82 Å². The number of phenolic OH excluding ortho intramolecular Hbond substituents is 1. The number of aromatic hydroxyl groups is 1. The Balaban J connectivity index is 0.00000210. The van der Waals surface area contributed by atoms with Crippen LogP contribution in [0.1, 0.15) is 104 Å². The van der Waals surface area contributed by atoms with Gasteiger partial charge in [0.1, 0.15) is 28.6 Å². The zero-order valence-electron chi connectivity index (χ0n) is 33.0. The van der Waals surface area contributed by atoms with Crippen molar-refractivity contribution in [3.63, 3.8) is 0 Å². The number of anilines is 1. The van der Waals surface area contributed by atoms with Gasteiger partial charge in [0, 0.05) is 55.6 Å². The van der Waals surface area contributed by atoms with Gasteiger partial charge in [-0.2, -0.15) is 9.97 Å². The molecule has 2 aromatic carbocycles. The molecule has 3 saturated heterocycles. The lowest BCUT2D eigenvalue weighted by Gasteiger charge is -2.58. The van der Waals surface area contributed by atoms with E-state index in [-0.39, 0.29) is 28.4 Å². The number of benzene rings is 2. The molecule has 3 aliphatic heterocycles. The van der Waals surface area contributed by atoms with Gasteiger partial charge in [-0.3, -0.25) is 9.88 Å². The average molecular weight is 758 g/mol. The van der Waals surface area contributed by atoms with Crippen LogP contribution in [0.15, 0.2) is 30.5 Å². The number of aryl methyl sites for hydroxylation is 1. The first-order valence-electron chi connectivity index (χ1n) is 20.8. The molecule has 2 saturated carbocycles. The van der Waals surface area contributed by atoms with Crippen molar-refractivity contribution in [2.75, 3.05) is 44.4 Å². The predicted molar refractivity (Wildman–Crippen MR) is 212 cm³/mol. The zero-order valence-corrected chi connectivity index (χ0v) is 33.0. The summed E-state index contributed by atoms with van der Waals surface area (Å²) in [5.74, 6) is -0.671. The second-order valence-electron chi connectivity index (χ2n) is 17.1. The van der Waals surface area contributed by atoms with Crippen molar-refractivity contribution in [2.45, 2.75) is 122 Å². The van der Waals surface area contributed by atoms with Gasteiger partial charge in [0.25, 0.3) is 0 Å². The predicted octanol–water partition coefficient (Wildman–Crippen LogP) is 8.74. The number of aliphatic hydroxyl groups is 1. The quantitative estimate of drug-likeness (QED) is 0.192. The summed E-state index contributed by atoms with van der Waals surface area (Å²) in [5.41, 5.74) is 0.254. The summed E-state index contributed by atoms with van der Waals surface area (Å²) < 4.78 is 44.5. The Bertz CT molecular complexity index is 2050. The molecule has 296 valence electrons. The third kappa shape index (κ3) is 6.92. The highest BCUT2D eigenvalue weighted by Gasteiger charge is 2.55. The zero-order chi connectivity index (χ0) is 38.5. The number of aromatic nitrogens is 3. The van der Waals surface area contributed by atoms with Crippen LogP contribution in [0.4, 0.5) is 14.6 Å². The van der Waals surface area contributed by atoms with E-state index in [1.165, 1.54) is 37.8 Å². The molecule has 5 heterocycles. The molecule has 3 atom stereocenters. The number of rotatable bonds is 7. The van der Waals surface area contributed by atoms with E-state index in [2.05, 4.69) is 9.88 Å².